The van der Waals surface area contributed by atoms with Crippen molar-refractivity contribution >= 4 is 44.1 Å². The van der Waals surface area contributed by atoms with Gasteiger partial charge in [0.05, 0.1) is 15.2 Å². The van der Waals surface area contributed by atoms with Crippen LogP contribution in [0.4, 0.5) is 0 Å². The third-order valence-corrected chi connectivity index (χ3v) is 6.84. The van der Waals surface area contributed by atoms with Gasteiger partial charge in [-0.3, -0.25) is 4.99 Å². The van der Waals surface area contributed by atoms with Gasteiger partial charge in [0.1, 0.15) is 0 Å². The quantitative estimate of drug-likeness (QED) is 0.362. The van der Waals surface area contributed by atoms with Crippen LogP contribution >= 0.6 is 22.9 Å². The highest BCUT2D eigenvalue weighted by atomic mass is 35.5. The van der Waals surface area contributed by atoms with Crippen LogP contribution < -0.4 is 4.80 Å². The number of aromatic nitrogens is 2. The molecular formula is C24H20ClN3S. The zero-order valence-electron chi connectivity index (χ0n) is 16.0. The number of nitrogens with zero attached hydrogens (tertiary/aromatic N) is 2. The van der Waals surface area contributed by atoms with Gasteiger partial charge in [0.25, 0.3) is 0 Å². The summed E-state index contributed by atoms with van der Waals surface area (Å²) < 4.78 is 3.42. The van der Waals surface area contributed by atoms with Crippen LogP contribution in [0.25, 0.3) is 32.2 Å². The monoisotopic (exact) mass is 417 g/mol. The van der Waals surface area contributed by atoms with Crippen molar-refractivity contribution in [2.24, 2.45) is 12.0 Å². The molecule has 2 heterocycles. The first-order valence-corrected chi connectivity index (χ1v) is 10.8. The molecule has 3 nitrogen and oxygen atoms in total. The second-order valence-electron chi connectivity index (χ2n) is 7.07. The molecule has 0 aliphatic rings. The van der Waals surface area contributed by atoms with Gasteiger partial charge < -0.3 is 9.55 Å². The average Bonchev–Trinajstić information content (AvgIpc) is 3.31. The Balaban J connectivity index is 1.48. The topological polar surface area (TPSA) is 33.1 Å². The third kappa shape index (κ3) is 3.28. The number of fused-ring (bicyclic) bond motifs is 2. The number of nitrogens with one attached hydrogen (secondary N) is 1. The van der Waals surface area contributed by atoms with Crippen molar-refractivity contribution in [3.8, 4) is 11.1 Å². The van der Waals surface area contributed by atoms with E-state index >= 15 is 0 Å². The number of para-hydroxylation sites is 1. The summed E-state index contributed by atoms with van der Waals surface area (Å²) in [6, 6.07) is 22.9. The van der Waals surface area contributed by atoms with Gasteiger partial charge in [0.15, 0.2) is 4.80 Å². The largest absolute Gasteiger partial charge is 0.361 e. The summed E-state index contributed by atoms with van der Waals surface area (Å²) in [6.45, 7) is 0.722. The summed E-state index contributed by atoms with van der Waals surface area (Å²) in [5, 5.41) is 1.90. The van der Waals surface area contributed by atoms with E-state index in [0.29, 0.717) is 0 Å². The third-order valence-electron chi connectivity index (χ3n) is 5.29. The summed E-state index contributed by atoms with van der Waals surface area (Å²) in [6.07, 6.45) is 2.90. The van der Waals surface area contributed by atoms with E-state index in [0.717, 1.165) is 44.8 Å². The Kier molecular flexibility index (Phi) is 4.74. The van der Waals surface area contributed by atoms with Gasteiger partial charge in [0, 0.05) is 36.3 Å². The number of thiazole rings is 1. The zero-order chi connectivity index (χ0) is 19.8. The highest BCUT2D eigenvalue weighted by Crippen LogP contribution is 2.36. The van der Waals surface area contributed by atoms with Gasteiger partial charge in [-0.15, -0.1) is 0 Å². The fraction of sp³-hybridized carbons (Fsp3) is 0.125. The molecular weight excluding hydrogens is 398 g/mol. The number of aryl methyl sites for hydroxylation is 1. The van der Waals surface area contributed by atoms with Crippen molar-refractivity contribution in [3.05, 3.63) is 88.3 Å². The fourth-order valence-electron chi connectivity index (χ4n) is 3.79. The van der Waals surface area contributed by atoms with Crippen LogP contribution in [0.5, 0.6) is 0 Å². The van der Waals surface area contributed by atoms with Gasteiger partial charge in [-0.25, -0.2) is 0 Å². The summed E-state index contributed by atoms with van der Waals surface area (Å²) >= 11 is 8.57. The molecule has 5 aromatic rings. The lowest BCUT2D eigenvalue weighted by molar-refractivity contribution is 0.853. The molecule has 3 aromatic carbocycles. The van der Waals surface area contributed by atoms with Crippen molar-refractivity contribution in [3.63, 3.8) is 0 Å². The molecule has 0 amide bonds. The minimum Gasteiger partial charge on any atom is -0.361 e. The summed E-state index contributed by atoms with van der Waals surface area (Å²) in [5.74, 6) is 0. The van der Waals surface area contributed by atoms with Gasteiger partial charge in [0.2, 0.25) is 0 Å². The number of halogens is 1. The Hall–Kier alpha value is -2.82. The lowest BCUT2D eigenvalue weighted by Gasteiger charge is -2.07. The first kappa shape index (κ1) is 18.2. The summed E-state index contributed by atoms with van der Waals surface area (Å²) in [7, 11) is 2.08. The molecule has 0 aliphatic carbocycles. The summed E-state index contributed by atoms with van der Waals surface area (Å²) in [4.78, 5) is 9.26. The molecule has 0 fully saturated rings. The predicted octanol–water partition coefficient (Wildman–Crippen LogP) is 6.18. The predicted molar refractivity (Wildman–Crippen MR) is 124 cm³/mol. The fourth-order valence-corrected chi connectivity index (χ4v) is 5.23. The lowest BCUT2D eigenvalue weighted by Crippen LogP contribution is -2.11. The molecule has 0 unspecified atom stereocenters. The van der Waals surface area contributed by atoms with E-state index in [1.165, 1.54) is 15.8 Å². The Morgan fingerprint density at radius 3 is 2.62 bits per heavy atom. The molecule has 0 aliphatic heterocycles. The van der Waals surface area contributed by atoms with E-state index in [-0.39, 0.29) is 0 Å². The molecule has 0 spiro atoms. The van der Waals surface area contributed by atoms with Crippen LogP contribution in [0.2, 0.25) is 5.02 Å². The van der Waals surface area contributed by atoms with Crippen LogP contribution in [0.15, 0.2) is 77.9 Å². The minimum atomic E-state index is 0.722. The number of hydrogen-bond acceptors (Lipinski definition) is 2. The van der Waals surface area contributed by atoms with Crippen molar-refractivity contribution in [2.45, 2.75) is 6.42 Å². The van der Waals surface area contributed by atoms with Crippen molar-refractivity contribution in [1.29, 1.82) is 0 Å². The van der Waals surface area contributed by atoms with Crippen LogP contribution in [0, 0.1) is 0 Å². The molecule has 0 atom stereocenters. The van der Waals surface area contributed by atoms with Crippen LogP contribution in [0.3, 0.4) is 0 Å². The van der Waals surface area contributed by atoms with Crippen molar-refractivity contribution in [2.75, 3.05) is 6.54 Å². The minimum absolute atomic E-state index is 0.722. The number of aromatic amines is 1. The lowest BCUT2D eigenvalue weighted by atomic mass is 10.0. The standard InChI is InChI=1S/C24H20ClN3S/c1-28-20-9-5-6-10-21(20)29-24(28)26-14-13-17-15-27-19-12-11-18(23(25)22(17)19)16-7-3-2-4-8-16/h2-12,15,27H,13-14H2,1H3/b26-24-. The smallest absolute Gasteiger partial charge is 0.185 e. The first-order valence-electron chi connectivity index (χ1n) is 9.61. The number of benzene rings is 3. The maximum absolute atomic E-state index is 6.84. The van der Waals surface area contributed by atoms with E-state index in [9.17, 15) is 0 Å². The molecule has 0 saturated carbocycles. The Morgan fingerprint density at radius 2 is 1.79 bits per heavy atom. The van der Waals surface area contributed by atoms with E-state index in [2.05, 4.69) is 71.3 Å². The second-order valence-corrected chi connectivity index (χ2v) is 8.46. The van der Waals surface area contributed by atoms with Crippen LogP contribution in [-0.4, -0.2) is 16.1 Å². The van der Waals surface area contributed by atoms with Crippen molar-refractivity contribution in [1.82, 2.24) is 9.55 Å². The molecule has 5 heteroatoms. The highest BCUT2D eigenvalue weighted by Gasteiger charge is 2.12. The summed E-state index contributed by atoms with van der Waals surface area (Å²) in [5.41, 5.74) is 5.69. The molecule has 0 bridgehead atoms. The molecule has 2 aromatic heterocycles. The van der Waals surface area contributed by atoms with E-state index in [1.54, 1.807) is 11.3 Å². The molecule has 0 radical (unpaired) electrons. The normalized spacial score (nSPS) is 12.3. The van der Waals surface area contributed by atoms with Crippen LogP contribution in [-0.2, 0) is 13.5 Å². The van der Waals surface area contributed by atoms with Gasteiger partial charge in [-0.05, 0) is 35.7 Å². The van der Waals surface area contributed by atoms with E-state index in [1.807, 2.05) is 18.2 Å². The molecule has 29 heavy (non-hydrogen) atoms. The Labute approximate surface area is 177 Å². The first-order chi connectivity index (χ1) is 14.2. The van der Waals surface area contributed by atoms with Crippen molar-refractivity contribution < 1.29 is 0 Å². The number of hydrogen-bond donors (Lipinski definition) is 1. The van der Waals surface area contributed by atoms with Gasteiger partial charge in [-0.2, -0.15) is 0 Å². The Morgan fingerprint density at radius 1 is 1.00 bits per heavy atom. The SMILES string of the molecule is Cn1/c(=N/CCc2c[nH]c3ccc(-c4ccccc4)c(Cl)c23)sc2ccccc21. The molecule has 144 valence electrons. The van der Waals surface area contributed by atoms with Crippen LogP contribution in [0.1, 0.15) is 5.56 Å². The van der Waals surface area contributed by atoms with Gasteiger partial charge >= 0.3 is 0 Å². The Bertz CT molecular complexity index is 1380. The highest BCUT2D eigenvalue weighted by molar-refractivity contribution is 7.16. The average molecular weight is 418 g/mol. The second kappa shape index (κ2) is 7.54. The van der Waals surface area contributed by atoms with Gasteiger partial charge in [-0.1, -0.05) is 71.5 Å². The maximum Gasteiger partial charge on any atom is 0.185 e. The van der Waals surface area contributed by atoms with E-state index < -0.39 is 0 Å². The number of rotatable bonds is 4. The maximum atomic E-state index is 6.84. The molecule has 0 saturated heterocycles. The molecule has 1 N–H and O–H groups in total. The molecule has 5 rings (SSSR count). The number of H-pyrrole nitrogens is 1. The van der Waals surface area contributed by atoms with E-state index in [4.69, 9.17) is 16.6 Å². The zero-order valence-corrected chi connectivity index (χ0v) is 17.6.